The van der Waals surface area contributed by atoms with Gasteiger partial charge in [-0.15, -0.1) is 0 Å². The number of methoxy groups -OCH3 is 2. The fourth-order valence-corrected chi connectivity index (χ4v) is 2.03. The van der Waals surface area contributed by atoms with E-state index in [0.29, 0.717) is 16.9 Å². The van der Waals surface area contributed by atoms with Crippen LogP contribution in [0.15, 0.2) is 42.5 Å². The van der Waals surface area contributed by atoms with Crippen LogP contribution < -0.4 is 4.74 Å². The van der Waals surface area contributed by atoms with Gasteiger partial charge in [-0.25, -0.2) is 4.79 Å². The summed E-state index contributed by atoms with van der Waals surface area (Å²) in [4.78, 5) is 11.5. The van der Waals surface area contributed by atoms with Crippen LogP contribution in [0, 0.1) is 0 Å². The monoisotopic (exact) mass is 272 g/mol. The molecule has 0 aliphatic carbocycles. The highest BCUT2D eigenvalue weighted by atomic mass is 16.5. The van der Waals surface area contributed by atoms with Gasteiger partial charge in [-0.05, 0) is 35.4 Å². The largest absolute Gasteiger partial charge is 0.496 e. The first-order valence-corrected chi connectivity index (χ1v) is 6.16. The predicted octanol–water partition coefficient (Wildman–Crippen LogP) is 2.64. The van der Waals surface area contributed by atoms with Crippen LogP contribution in [0.25, 0.3) is 11.1 Å². The maximum Gasteiger partial charge on any atom is 0.337 e. The molecule has 0 unspecified atom stereocenters. The van der Waals surface area contributed by atoms with E-state index in [4.69, 9.17) is 9.47 Å². The van der Waals surface area contributed by atoms with Crippen molar-refractivity contribution in [2.75, 3.05) is 14.2 Å². The van der Waals surface area contributed by atoms with Crippen LogP contribution in [0.3, 0.4) is 0 Å². The Kier molecular flexibility index (Phi) is 4.38. The second-order valence-corrected chi connectivity index (χ2v) is 4.26. The molecule has 20 heavy (non-hydrogen) atoms. The molecule has 0 amide bonds. The molecule has 4 heteroatoms. The minimum atomic E-state index is -0.372. The molecule has 2 aromatic carbocycles. The Hall–Kier alpha value is -2.33. The molecule has 2 rings (SSSR count). The molecule has 0 saturated heterocycles. The second kappa shape index (κ2) is 6.21. The van der Waals surface area contributed by atoms with Crippen molar-refractivity contribution in [1.82, 2.24) is 0 Å². The number of carbonyl (C=O) groups excluding carboxylic acids is 1. The van der Waals surface area contributed by atoms with Crippen molar-refractivity contribution in [3.63, 3.8) is 0 Å². The highest BCUT2D eigenvalue weighted by molar-refractivity contribution is 5.91. The van der Waals surface area contributed by atoms with Crippen LogP contribution in [0.4, 0.5) is 0 Å². The van der Waals surface area contributed by atoms with Gasteiger partial charge in [-0.3, -0.25) is 0 Å². The van der Waals surface area contributed by atoms with E-state index in [1.807, 2.05) is 18.2 Å². The third kappa shape index (κ3) is 2.81. The standard InChI is InChI=1S/C16H16O4/c1-19-15-7-6-12(9-14(15)10-17)11-4-3-5-13(8-11)16(18)20-2/h3-9,17H,10H2,1-2H3. The molecule has 0 aliphatic rings. The Labute approximate surface area is 117 Å². The second-order valence-electron chi connectivity index (χ2n) is 4.26. The zero-order chi connectivity index (χ0) is 14.5. The Morgan fingerprint density at radius 3 is 2.50 bits per heavy atom. The lowest BCUT2D eigenvalue weighted by Crippen LogP contribution is -2.00. The molecule has 0 heterocycles. The van der Waals surface area contributed by atoms with E-state index in [9.17, 15) is 9.90 Å². The fourth-order valence-electron chi connectivity index (χ4n) is 2.03. The predicted molar refractivity (Wildman–Crippen MR) is 75.7 cm³/mol. The summed E-state index contributed by atoms with van der Waals surface area (Å²) in [5.74, 6) is 0.267. The third-order valence-electron chi connectivity index (χ3n) is 3.07. The molecule has 1 N–H and O–H groups in total. The summed E-state index contributed by atoms with van der Waals surface area (Å²) in [7, 11) is 2.91. The van der Waals surface area contributed by atoms with Gasteiger partial charge in [0.1, 0.15) is 5.75 Å². The van der Waals surface area contributed by atoms with E-state index in [0.717, 1.165) is 11.1 Å². The summed E-state index contributed by atoms with van der Waals surface area (Å²) in [6, 6.07) is 12.7. The summed E-state index contributed by atoms with van der Waals surface area (Å²) >= 11 is 0. The number of ether oxygens (including phenoxy) is 2. The number of benzene rings is 2. The topological polar surface area (TPSA) is 55.8 Å². The average molecular weight is 272 g/mol. The molecule has 0 aromatic heterocycles. The highest BCUT2D eigenvalue weighted by Gasteiger charge is 2.09. The molecule has 0 radical (unpaired) electrons. The Morgan fingerprint density at radius 1 is 1.10 bits per heavy atom. The van der Waals surface area contributed by atoms with Crippen LogP contribution in [-0.4, -0.2) is 25.3 Å². The van der Waals surface area contributed by atoms with Gasteiger partial charge in [0.2, 0.25) is 0 Å². The Balaban J connectivity index is 2.43. The molecule has 0 spiro atoms. The van der Waals surface area contributed by atoms with Gasteiger partial charge in [0, 0.05) is 5.56 Å². The lowest BCUT2D eigenvalue weighted by Gasteiger charge is -2.09. The molecule has 2 aromatic rings. The van der Waals surface area contributed by atoms with Crippen molar-refractivity contribution < 1.29 is 19.4 Å². The van der Waals surface area contributed by atoms with Gasteiger partial charge in [0.05, 0.1) is 26.4 Å². The van der Waals surface area contributed by atoms with Crippen molar-refractivity contribution in [3.05, 3.63) is 53.6 Å². The number of carbonyl (C=O) groups is 1. The first kappa shape index (κ1) is 14.1. The van der Waals surface area contributed by atoms with Crippen molar-refractivity contribution in [1.29, 1.82) is 0 Å². The summed E-state index contributed by atoms with van der Waals surface area (Å²) in [6.07, 6.45) is 0. The van der Waals surface area contributed by atoms with E-state index in [1.54, 1.807) is 31.4 Å². The first-order valence-electron chi connectivity index (χ1n) is 6.16. The molecule has 0 aliphatic heterocycles. The molecule has 0 saturated carbocycles. The summed E-state index contributed by atoms with van der Waals surface area (Å²) in [5, 5.41) is 9.35. The quantitative estimate of drug-likeness (QED) is 0.869. The maximum absolute atomic E-state index is 11.5. The van der Waals surface area contributed by atoms with Gasteiger partial charge in [-0.1, -0.05) is 18.2 Å². The van der Waals surface area contributed by atoms with E-state index >= 15 is 0 Å². The lowest BCUT2D eigenvalue weighted by molar-refractivity contribution is 0.0601. The molecule has 0 bridgehead atoms. The van der Waals surface area contributed by atoms with E-state index in [1.165, 1.54) is 7.11 Å². The van der Waals surface area contributed by atoms with E-state index in [2.05, 4.69) is 0 Å². The van der Waals surface area contributed by atoms with Crippen LogP contribution in [0.1, 0.15) is 15.9 Å². The maximum atomic E-state index is 11.5. The zero-order valence-electron chi connectivity index (χ0n) is 11.4. The first-order chi connectivity index (χ1) is 9.69. The van der Waals surface area contributed by atoms with Crippen LogP contribution in [-0.2, 0) is 11.3 Å². The van der Waals surface area contributed by atoms with Crippen molar-refractivity contribution in [3.8, 4) is 16.9 Å². The summed E-state index contributed by atoms with van der Waals surface area (Å²) in [5.41, 5.74) is 2.98. The van der Waals surface area contributed by atoms with Gasteiger partial charge in [-0.2, -0.15) is 0 Å². The SMILES string of the molecule is COC(=O)c1cccc(-c2ccc(OC)c(CO)c2)c1. The van der Waals surface area contributed by atoms with E-state index < -0.39 is 0 Å². The van der Waals surface area contributed by atoms with Crippen molar-refractivity contribution in [2.45, 2.75) is 6.61 Å². The average Bonchev–Trinajstić information content (AvgIpc) is 2.53. The van der Waals surface area contributed by atoms with E-state index in [-0.39, 0.29) is 12.6 Å². The molecular weight excluding hydrogens is 256 g/mol. The van der Waals surface area contributed by atoms with Crippen LogP contribution in [0.5, 0.6) is 5.75 Å². The Bertz CT molecular complexity index is 620. The van der Waals surface area contributed by atoms with Crippen molar-refractivity contribution in [2.24, 2.45) is 0 Å². The van der Waals surface area contributed by atoms with Crippen molar-refractivity contribution >= 4 is 5.97 Å². The number of aliphatic hydroxyl groups is 1. The molecular formula is C16H16O4. The third-order valence-corrected chi connectivity index (χ3v) is 3.07. The van der Waals surface area contributed by atoms with Gasteiger partial charge >= 0.3 is 5.97 Å². The van der Waals surface area contributed by atoms with Gasteiger partial charge in [0.25, 0.3) is 0 Å². The molecule has 0 atom stereocenters. The number of esters is 1. The Morgan fingerprint density at radius 2 is 1.85 bits per heavy atom. The lowest BCUT2D eigenvalue weighted by atomic mass is 10.0. The minimum Gasteiger partial charge on any atom is -0.496 e. The number of hydrogen-bond acceptors (Lipinski definition) is 4. The molecule has 4 nitrogen and oxygen atoms in total. The minimum absolute atomic E-state index is 0.103. The smallest absolute Gasteiger partial charge is 0.337 e. The fraction of sp³-hybridized carbons (Fsp3) is 0.188. The highest BCUT2D eigenvalue weighted by Crippen LogP contribution is 2.27. The molecule has 0 fully saturated rings. The summed E-state index contributed by atoms with van der Waals surface area (Å²) in [6.45, 7) is -0.103. The van der Waals surface area contributed by atoms with Crippen LogP contribution >= 0.6 is 0 Å². The summed E-state index contributed by atoms with van der Waals surface area (Å²) < 4.78 is 9.88. The number of rotatable bonds is 4. The number of hydrogen-bond donors (Lipinski definition) is 1. The number of aliphatic hydroxyl groups excluding tert-OH is 1. The van der Waals surface area contributed by atoms with Crippen LogP contribution in [0.2, 0.25) is 0 Å². The van der Waals surface area contributed by atoms with Gasteiger partial charge < -0.3 is 14.6 Å². The van der Waals surface area contributed by atoms with Gasteiger partial charge in [0.15, 0.2) is 0 Å². The molecule has 104 valence electrons. The normalized spacial score (nSPS) is 10.2. The zero-order valence-corrected chi connectivity index (χ0v) is 11.4.